The van der Waals surface area contributed by atoms with Crippen molar-refractivity contribution in [3.63, 3.8) is 0 Å². The van der Waals surface area contributed by atoms with Gasteiger partial charge in [-0.2, -0.15) is 0 Å². The Morgan fingerprint density at radius 3 is 1.76 bits per heavy atom. The predicted octanol–water partition coefficient (Wildman–Crippen LogP) is 11.4. The lowest BCUT2D eigenvalue weighted by molar-refractivity contribution is -0.161. The van der Waals surface area contributed by atoms with Gasteiger partial charge in [-0.25, -0.2) is 4.57 Å². The summed E-state index contributed by atoms with van der Waals surface area (Å²) in [5, 5.41) is 9.97. The van der Waals surface area contributed by atoms with Crippen LogP contribution in [0.5, 0.6) is 0 Å². The Kier molecular flexibility index (Phi) is 36.6. The number of unbranched alkanes of at least 4 members (excludes halogenated alkanes) is 7. The van der Waals surface area contributed by atoms with E-state index < -0.39 is 38.6 Å². The molecule has 310 valence electrons. The number of allylic oxidation sites excluding steroid dienone is 16. The molecule has 0 aromatic rings. The molecule has 0 heterocycles. The summed E-state index contributed by atoms with van der Waals surface area (Å²) in [4.78, 5) is 42.7. The molecule has 0 aromatic carbocycles. The van der Waals surface area contributed by atoms with Gasteiger partial charge in [0.05, 0.1) is 12.7 Å². The van der Waals surface area contributed by atoms with Gasteiger partial charge >= 0.3 is 19.8 Å². The average Bonchev–Trinajstić information content (AvgIpc) is 3.15. The van der Waals surface area contributed by atoms with Crippen molar-refractivity contribution in [3.8, 4) is 0 Å². The van der Waals surface area contributed by atoms with E-state index in [9.17, 15) is 19.3 Å². The Balaban J connectivity index is 4.24. The standard InChI is InChI=1S/C45H71O9P/c1-3-5-7-9-11-12-13-14-15-16-17-18-19-24-27-31-35-39-45(48)54-43(41-53-55(49,50)51)40-52-44(47)38-34-30-26-23-21-20-22-25-29-33-37-42(46)36-32-28-10-8-6-4-2/h6,8,14-15,17-18,20-21,24-30,32-33,37,42-43,46H,3-5,7,9-13,16,19,22-23,31,34-36,38-41H2,1-2H3,(H2,49,50,51)/b8-6-,15-14-,18-17-,21-20-,27-24-,29-25-,30-26-,32-28-,37-33+/t42?,43-/m1/s1. The highest BCUT2D eigenvalue weighted by Gasteiger charge is 2.22. The van der Waals surface area contributed by atoms with E-state index in [2.05, 4.69) is 60.9 Å². The quantitative estimate of drug-likeness (QED) is 0.0188. The average molecular weight is 787 g/mol. The molecule has 0 saturated carbocycles. The molecular weight excluding hydrogens is 715 g/mol. The smallest absolute Gasteiger partial charge is 0.462 e. The van der Waals surface area contributed by atoms with Crippen molar-refractivity contribution in [1.29, 1.82) is 0 Å². The molecule has 9 nitrogen and oxygen atoms in total. The second kappa shape index (κ2) is 38.9. The second-order valence-corrected chi connectivity index (χ2v) is 14.3. The Hall–Kier alpha value is -3.33. The van der Waals surface area contributed by atoms with Crippen molar-refractivity contribution >= 4 is 19.8 Å². The van der Waals surface area contributed by atoms with Gasteiger partial charge in [-0.15, -0.1) is 0 Å². The maximum absolute atomic E-state index is 12.4. The summed E-state index contributed by atoms with van der Waals surface area (Å²) in [6.45, 7) is 3.37. The fourth-order valence-corrected chi connectivity index (χ4v) is 5.21. The molecule has 3 N–H and O–H groups in total. The molecule has 0 aliphatic heterocycles. The van der Waals surface area contributed by atoms with Crippen molar-refractivity contribution in [1.82, 2.24) is 0 Å². The number of esters is 2. The Bertz CT molecular complexity index is 1270. The van der Waals surface area contributed by atoms with Gasteiger partial charge in [0.15, 0.2) is 6.10 Å². The molecule has 0 rings (SSSR count). The van der Waals surface area contributed by atoms with Gasteiger partial charge in [0, 0.05) is 12.8 Å². The Morgan fingerprint density at radius 2 is 1.13 bits per heavy atom. The maximum Gasteiger partial charge on any atom is 0.469 e. The fourth-order valence-electron chi connectivity index (χ4n) is 4.85. The first-order chi connectivity index (χ1) is 26.7. The highest BCUT2D eigenvalue weighted by Crippen LogP contribution is 2.35. The van der Waals surface area contributed by atoms with Gasteiger partial charge in [-0.05, 0) is 77.0 Å². The van der Waals surface area contributed by atoms with Crippen LogP contribution in [0.3, 0.4) is 0 Å². The van der Waals surface area contributed by atoms with Crippen LogP contribution in [0.4, 0.5) is 0 Å². The first-order valence-electron chi connectivity index (χ1n) is 20.3. The summed E-state index contributed by atoms with van der Waals surface area (Å²) in [7, 11) is -4.80. The SMILES string of the molecule is CC/C=C\C/C=C\CC(O)/C=C/C=C\C/C=C\C/C=C\CCC(=O)OC[C@H](COP(=O)(O)O)OC(=O)CCC/C=C\C/C=C\C/C=C\CCCCCCCC. The largest absolute Gasteiger partial charge is 0.469 e. The van der Waals surface area contributed by atoms with E-state index in [4.69, 9.17) is 19.3 Å². The molecule has 0 bridgehead atoms. The first-order valence-corrected chi connectivity index (χ1v) is 21.8. The minimum absolute atomic E-state index is 0.102. The predicted molar refractivity (Wildman–Crippen MR) is 226 cm³/mol. The van der Waals surface area contributed by atoms with Crippen molar-refractivity contribution in [2.45, 2.75) is 148 Å². The number of phosphoric ester groups is 1. The number of hydrogen-bond acceptors (Lipinski definition) is 7. The van der Waals surface area contributed by atoms with E-state index in [1.807, 2.05) is 60.8 Å². The van der Waals surface area contributed by atoms with E-state index in [1.165, 1.54) is 38.5 Å². The minimum atomic E-state index is -4.80. The number of ether oxygens (including phenoxy) is 2. The van der Waals surface area contributed by atoms with Crippen molar-refractivity contribution in [2.75, 3.05) is 13.2 Å². The van der Waals surface area contributed by atoms with Gasteiger partial charge < -0.3 is 24.4 Å². The van der Waals surface area contributed by atoms with Crippen LogP contribution in [0.15, 0.2) is 109 Å². The number of carbonyl (C=O) groups excluding carboxylic acids is 2. The number of hydrogen-bond donors (Lipinski definition) is 3. The molecule has 0 saturated heterocycles. The number of phosphoric acid groups is 1. The molecule has 2 atom stereocenters. The minimum Gasteiger partial charge on any atom is -0.462 e. The van der Waals surface area contributed by atoms with Gasteiger partial charge in [0.25, 0.3) is 0 Å². The lowest BCUT2D eigenvalue weighted by Gasteiger charge is -2.18. The van der Waals surface area contributed by atoms with Crippen LogP contribution < -0.4 is 0 Å². The summed E-state index contributed by atoms with van der Waals surface area (Å²) < 4.78 is 26.2. The topological polar surface area (TPSA) is 140 Å². The number of aliphatic hydroxyl groups excluding tert-OH is 1. The monoisotopic (exact) mass is 786 g/mol. The summed E-state index contributed by atoms with van der Waals surface area (Å²) >= 11 is 0. The van der Waals surface area contributed by atoms with Gasteiger partial charge in [-0.3, -0.25) is 14.1 Å². The van der Waals surface area contributed by atoms with Gasteiger partial charge in [0.2, 0.25) is 0 Å². The van der Waals surface area contributed by atoms with Crippen molar-refractivity contribution in [2.24, 2.45) is 0 Å². The van der Waals surface area contributed by atoms with Crippen LogP contribution >= 0.6 is 7.82 Å². The van der Waals surface area contributed by atoms with Gasteiger partial charge in [0.1, 0.15) is 6.61 Å². The van der Waals surface area contributed by atoms with Crippen LogP contribution in [0, 0.1) is 0 Å². The van der Waals surface area contributed by atoms with E-state index >= 15 is 0 Å². The maximum atomic E-state index is 12.4. The normalized spacial score (nSPS) is 14.2. The number of carbonyl (C=O) groups is 2. The van der Waals surface area contributed by atoms with E-state index in [1.54, 1.807) is 6.08 Å². The number of aliphatic hydroxyl groups is 1. The van der Waals surface area contributed by atoms with E-state index in [0.717, 1.165) is 38.5 Å². The molecule has 0 aromatic heterocycles. The molecule has 0 spiro atoms. The zero-order chi connectivity index (χ0) is 40.5. The van der Waals surface area contributed by atoms with E-state index in [0.29, 0.717) is 32.1 Å². The van der Waals surface area contributed by atoms with Crippen LogP contribution in [0.2, 0.25) is 0 Å². The van der Waals surface area contributed by atoms with Gasteiger partial charge in [-0.1, -0.05) is 155 Å². The third-order valence-corrected chi connectivity index (χ3v) is 8.35. The molecule has 1 unspecified atom stereocenters. The number of rotatable bonds is 35. The molecule has 55 heavy (non-hydrogen) atoms. The lowest BCUT2D eigenvalue weighted by Crippen LogP contribution is -2.29. The molecule has 0 aliphatic carbocycles. The van der Waals surface area contributed by atoms with Crippen LogP contribution in [0.1, 0.15) is 136 Å². The first kappa shape index (κ1) is 51.7. The molecule has 10 heteroatoms. The van der Waals surface area contributed by atoms with E-state index in [-0.39, 0.29) is 19.4 Å². The third-order valence-electron chi connectivity index (χ3n) is 7.87. The fraction of sp³-hybridized carbons (Fsp3) is 0.556. The Labute approximate surface area is 332 Å². The molecular formula is C45H71O9P. The summed E-state index contributed by atoms with van der Waals surface area (Å²) in [6.07, 6.45) is 51.4. The zero-order valence-electron chi connectivity index (χ0n) is 33.6. The third kappa shape index (κ3) is 41.7. The Morgan fingerprint density at radius 1 is 0.582 bits per heavy atom. The molecule has 0 fully saturated rings. The zero-order valence-corrected chi connectivity index (χ0v) is 34.5. The summed E-state index contributed by atoms with van der Waals surface area (Å²) in [5.74, 6) is -1.09. The van der Waals surface area contributed by atoms with Crippen LogP contribution in [-0.2, 0) is 28.2 Å². The summed E-state index contributed by atoms with van der Waals surface area (Å²) in [5.41, 5.74) is 0. The lowest BCUT2D eigenvalue weighted by atomic mass is 10.1. The van der Waals surface area contributed by atoms with Crippen molar-refractivity contribution < 1.29 is 43.0 Å². The summed E-state index contributed by atoms with van der Waals surface area (Å²) in [6, 6.07) is 0. The van der Waals surface area contributed by atoms with Crippen LogP contribution in [0.25, 0.3) is 0 Å². The molecule has 0 amide bonds. The molecule has 0 radical (unpaired) electrons. The van der Waals surface area contributed by atoms with Crippen LogP contribution in [-0.4, -0.2) is 52.3 Å². The second-order valence-electron chi connectivity index (χ2n) is 13.1. The highest BCUT2D eigenvalue weighted by atomic mass is 31.2. The highest BCUT2D eigenvalue weighted by molar-refractivity contribution is 7.46. The van der Waals surface area contributed by atoms with Crippen molar-refractivity contribution in [3.05, 3.63) is 109 Å². The molecule has 0 aliphatic rings.